The number of halogens is 1. The summed E-state index contributed by atoms with van der Waals surface area (Å²) in [6.07, 6.45) is 0.951. The maximum absolute atomic E-state index is 13.0. The minimum Gasteiger partial charge on any atom is -0.494 e. The van der Waals surface area contributed by atoms with E-state index in [4.69, 9.17) is 14.8 Å². The third kappa shape index (κ3) is 3.50. The van der Waals surface area contributed by atoms with Crippen LogP contribution in [0.5, 0.6) is 5.75 Å². The Labute approximate surface area is 95.0 Å². The Kier molecular flexibility index (Phi) is 4.77. The molecule has 16 heavy (non-hydrogen) atoms. The molecule has 2 N–H and O–H groups in total. The summed E-state index contributed by atoms with van der Waals surface area (Å²) in [5.41, 5.74) is 0.185. The van der Waals surface area contributed by atoms with Gasteiger partial charge in [0.2, 0.25) is 0 Å². The smallest absolute Gasteiger partial charge is 0.492 e. The first-order valence-electron chi connectivity index (χ1n) is 5.33. The van der Waals surface area contributed by atoms with Crippen LogP contribution in [0, 0.1) is 11.7 Å². The predicted octanol–water partition coefficient (Wildman–Crippen LogP) is 0.930. The molecule has 0 heterocycles. The molecule has 3 nitrogen and oxygen atoms in total. The van der Waals surface area contributed by atoms with E-state index in [1.807, 2.05) is 13.8 Å². The van der Waals surface area contributed by atoms with Gasteiger partial charge in [-0.1, -0.05) is 26.3 Å². The van der Waals surface area contributed by atoms with E-state index in [0.29, 0.717) is 12.5 Å². The van der Waals surface area contributed by atoms with Crippen LogP contribution < -0.4 is 10.2 Å². The molecule has 1 aromatic carbocycles. The van der Waals surface area contributed by atoms with Crippen LogP contribution in [0.1, 0.15) is 20.3 Å². The van der Waals surface area contributed by atoms with E-state index >= 15 is 0 Å². The van der Waals surface area contributed by atoms with Gasteiger partial charge in [-0.05, 0) is 12.0 Å². The molecule has 0 fully saturated rings. The van der Waals surface area contributed by atoms with Crippen molar-refractivity contribution in [3.05, 3.63) is 24.0 Å². The SMILES string of the molecule is CCC(C)COc1cc(F)ccc1B(O)O. The van der Waals surface area contributed by atoms with Crippen molar-refractivity contribution in [2.75, 3.05) is 6.61 Å². The standard InChI is InChI=1S/C11H16BFO3/c1-3-8(2)7-16-11-6-9(13)4-5-10(11)12(14)15/h4-6,8,14-15H,3,7H2,1-2H3. The van der Waals surface area contributed by atoms with Gasteiger partial charge in [-0.3, -0.25) is 0 Å². The monoisotopic (exact) mass is 226 g/mol. The van der Waals surface area contributed by atoms with Crippen molar-refractivity contribution < 1.29 is 19.2 Å². The molecule has 0 saturated carbocycles. The fourth-order valence-corrected chi connectivity index (χ4v) is 1.20. The topological polar surface area (TPSA) is 49.7 Å². The summed E-state index contributed by atoms with van der Waals surface area (Å²) in [4.78, 5) is 0. The minimum absolute atomic E-state index is 0.185. The van der Waals surface area contributed by atoms with E-state index in [2.05, 4.69) is 0 Å². The van der Waals surface area contributed by atoms with Gasteiger partial charge in [0.05, 0.1) is 6.61 Å². The van der Waals surface area contributed by atoms with Crippen LogP contribution in [0.2, 0.25) is 0 Å². The van der Waals surface area contributed by atoms with Crippen molar-refractivity contribution in [2.24, 2.45) is 5.92 Å². The third-order valence-electron chi connectivity index (χ3n) is 2.47. The second kappa shape index (κ2) is 5.87. The average Bonchev–Trinajstić information content (AvgIpc) is 2.25. The molecule has 0 aliphatic heterocycles. The number of hydrogen-bond acceptors (Lipinski definition) is 3. The summed E-state index contributed by atoms with van der Waals surface area (Å²) in [6, 6.07) is 3.65. The average molecular weight is 226 g/mol. The van der Waals surface area contributed by atoms with E-state index < -0.39 is 12.9 Å². The maximum atomic E-state index is 13.0. The molecule has 0 saturated heterocycles. The Morgan fingerprint density at radius 2 is 2.12 bits per heavy atom. The molecule has 1 aromatic rings. The molecule has 0 aromatic heterocycles. The first-order chi connectivity index (χ1) is 7.54. The van der Waals surface area contributed by atoms with E-state index in [1.54, 1.807) is 0 Å². The summed E-state index contributed by atoms with van der Waals surface area (Å²) >= 11 is 0. The summed E-state index contributed by atoms with van der Waals surface area (Å²) in [5.74, 6) is 0.0748. The van der Waals surface area contributed by atoms with Crippen LogP contribution >= 0.6 is 0 Å². The maximum Gasteiger partial charge on any atom is 0.492 e. The van der Waals surface area contributed by atoms with Gasteiger partial charge in [0.25, 0.3) is 0 Å². The molecule has 0 spiro atoms. The lowest BCUT2D eigenvalue weighted by Crippen LogP contribution is -2.32. The van der Waals surface area contributed by atoms with E-state index in [9.17, 15) is 4.39 Å². The van der Waals surface area contributed by atoms with Crippen LogP contribution in [0.3, 0.4) is 0 Å². The molecule has 0 aliphatic carbocycles. The zero-order valence-electron chi connectivity index (χ0n) is 9.48. The summed E-state index contributed by atoms with van der Waals surface area (Å²) in [7, 11) is -1.65. The van der Waals surface area contributed by atoms with Crippen LogP contribution in [-0.2, 0) is 0 Å². The summed E-state index contributed by atoms with van der Waals surface area (Å²) < 4.78 is 18.3. The molecule has 0 aliphatic rings. The molecular weight excluding hydrogens is 210 g/mol. The van der Waals surface area contributed by atoms with E-state index in [1.165, 1.54) is 12.1 Å². The molecule has 5 heteroatoms. The highest BCUT2D eigenvalue weighted by atomic mass is 19.1. The molecule has 0 amide bonds. The normalized spacial score (nSPS) is 12.3. The van der Waals surface area contributed by atoms with E-state index in [0.717, 1.165) is 12.5 Å². The van der Waals surface area contributed by atoms with Crippen molar-refractivity contribution >= 4 is 12.6 Å². The zero-order chi connectivity index (χ0) is 12.1. The number of rotatable bonds is 5. The van der Waals surface area contributed by atoms with E-state index in [-0.39, 0.29) is 11.2 Å². The van der Waals surface area contributed by atoms with Crippen molar-refractivity contribution in [3.63, 3.8) is 0 Å². The minimum atomic E-state index is -1.65. The first-order valence-corrected chi connectivity index (χ1v) is 5.33. The Bertz CT molecular complexity index is 344. The lowest BCUT2D eigenvalue weighted by Gasteiger charge is -2.14. The second-order valence-electron chi connectivity index (χ2n) is 3.88. The fourth-order valence-electron chi connectivity index (χ4n) is 1.20. The number of benzene rings is 1. The largest absolute Gasteiger partial charge is 0.494 e. The highest BCUT2D eigenvalue weighted by Gasteiger charge is 2.18. The van der Waals surface area contributed by atoms with Gasteiger partial charge >= 0.3 is 7.12 Å². The zero-order valence-corrected chi connectivity index (χ0v) is 9.48. The van der Waals surface area contributed by atoms with Crippen molar-refractivity contribution in [1.29, 1.82) is 0 Å². The van der Waals surface area contributed by atoms with Gasteiger partial charge in [-0.25, -0.2) is 4.39 Å². The van der Waals surface area contributed by atoms with Crippen LogP contribution in [0.4, 0.5) is 4.39 Å². The lowest BCUT2D eigenvalue weighted by molar-refractivity contribution is 0.256. The van der Waals surface area contributed by atoms with Gasteiger partial charge in [0.15, 0.2) is 0 Å². The Morgan fingerprint density at radius 3 is 2.69 bits per heavy atom. The molecular formula is C11H16BFO3. The number of ether oxygens (including phenoxy) is 1. The molecule has 1 atom stereocenters. The van der Waals surface area contributed by atoms with Crippen molar-refractivity contribution in [3.8, 4) is 5.75 Å². The molecule has 88 valence electrons. The first kappa shape index (κ1) is 13.0. The van der Waals surface area contributed by atoms with Crippen LogP contribution in [0.25, 0.3) is 0 Å². The Morgan fingerprint density at radius 1 is 1.44 bits per heavy atom. The van der Waals surface area contributed by atoms with Gasteiger partial charge in [-0.15, -0.1) is 0 Å². The molecule has 0 bridgehead atoms. The molecule has 0 radical (unpaired) electrons. The van der Waals surface area contributed by atoms with Crippen LogP contribution in [0.15, 0.2) is 18.2 Å². The second-order valence-corrected chi connectivity index (χ2v) is 3.88. The Balaban J connectivity index is 2.80. The van der Waals surface area contributed by atoms with Crippen LogP contribution in [-0.4, -0.2) is 23.8 Å². The lowest BCUT2D eigenvalue weighted by atomic mass is 9.79. The summed E-state index contributed by atoms with van der Waals surface area (Å²) in [5, 5.41) is 18.1. The predicted molar refractivity (Wildman–Crippen MR) is 61.2 cm³/mol. The molecule has 1 unspecified atom stereocenters. The Hall–Kier alpha value is -1.07. The fraction of sp³-hybridized carbons (Fsp3) is 0.455. The number of hydrogen-bond donors (Lipinski definition) is 2. The highest BCUT2D eigenvalue weighted by Crippen LogP contribution is 2.12. The van der Waals surface area contributed by atoms with Gasteiger partial charge in [0.1, 0.15) is 11.6 Å². The highest BCUT2D eigenvalue weighted by molar-refractivity contribution is 6.59. The van der Waals surface area contributed by atoms with Gasteiger partial charge in [-0.2, -0.15) is 0 Å². The van der Waals surface area contributed by atoms with Gasteiger partial charge < -0.3 is 14.8 Å². The van der Waals surface area contributed by atoms with Crippen molar-refractivity contribution in [2.45, 2.75) is 20.3 Å². The molecule has 1 rings (SSSR count). The van der Waals surface area contributed by atoms with Gasteiger partial charge in [0, 0.05) is 11.5 Å². The quantitative estimate of drug-likeness (QED) is 0.734. The van der Waals surface area contributed by atoms with Crippen molar-refractivity contribution in [1.82, 2.24) is 0 Å². The third-order valence-corrected chi connectivity index (χ3v) is 2.47. The summed E-state index contributed by atoms with van der Waals surface area (Å²) in [6.45, 7) is 4.47.